The fraction of sp³-hybridized carbons (Fsp3) is 0. The van der Waals surface area contributed by atoms with Gasteiger partial charge in [-0.25, -0.2) is 5.48 Å². The fourth-order valence-electron chi connectivity index (χ4n) is 0.858. The number of hydrogen-bond donors (Lipinski definition) is 2. The summed E-state index contributed by atoms with van der Waals surface area (Å²) in [6.45, 7) is 0. The number of nitrogens with zero attached hydrogens (tertiary/aromatic N) is 1. The van der Waals surface area contributed by atoms with Crippen LogP contribution in [0.25, 0.3) is 0 Å². The summed E-state index contributed by atoms with van der Waals surface area (Å²) >= 11 is 5.50. The van der Waals surface area contributed by atoms with E-state index in [2.05, 4.69) is 0 Å². The molecule has 0 aliphatic rings. The van der Waals surface area contributed by atoms with Gasteiger partial charge in [0.25, 0.3) is 11.6 Å². The highest BCUT2D eigenvalue weighted by Gasteiger charge is 2.15. The van der Waals surface area contributed by atoms with Crippen LogP contribution in [0, 0.1) is 10.1 Å². The van der Waals surface area contributed by atoms with Gasteiger partial charge < -0.3 is 0 Å². The van der Waals surface area contributed by atoms with Crippen LogP contribution in [0.3, 0.4) is 0 Å². The number of halogens is 1. The first kappa shape index (κ1) is 10.4. The largest absolute Gasteiger partial charge is 0.288 e. The minimum Gasteiger partial charge on any atom is -0.288 e. The highest BCUT2D eigenvalue weighted by molar-refractivity contribution is 6.32. The highest BCUT2D eigenvalue weighted by atomic mass is 35.5. The first-order valence-electron chi connectivity index (χ1n) is 3.44. The second-order valence-corrected chi connectivity index (χ2v) is 2.77. The van der Waals surface area contributed by atoms with E-state index in [0.717, 1.165) is 6.07 Å². The Hall–Kier alpha value is -1.66. The van der Waals surface area contributed by atoms with Crippen LogP contribution < -0.4 is 5.48 Å². The van der Waals surface area contributed by atoms with Crippen molar-refractivity contribution in [2.45, 2.75) is 0 Å². The Bertz CT molecular complexity index is 393. The van der Waals surface area contributed by atoms with Crippen LogP contribution in [0.15, 0.2) is 18.2 Å². The molecule has 0 bridgehead atoms. The van der Waals surface area contributed by atoms with Gasteiger partial charge in [-0.1, -0.05) is 11.6 Å². The minimum absolute atomic E-state index is 0.0383. The summed E-state index contributed by atoms with van der Waals surface area (Å²) in [6.07, 6.45) is 0. The number of hydrogen-bond acceptors (Lipinski definition) is 4. The third-order valence-corrected chi connectivity index (χ3v) is 1.83. The van der Waals surface area contributed by atoms with E-state index >= 15 is 0 Å². The molecule has 0 fully saturated rings. The summed E-state index contributed by atoms with van der Waals surface area (Å²) in [5, 5.41) is 18.6. The molecule has 0 atom stereocenters. The third-order valence-electron chi connectivity index (χ3n) is 1.51. The van der Waals surface area contributed by atoms with Gasteiger partial charge in [-0.05, 0) is 12.1 Å². The normalized spacial score (nSPS) is 9.57. The lowest BCUT2D eigenvalue weighted by atomic mass is 10.2. The van der Waals surface area contributed by atoms with Gasteiger partial charge in [-0.2, -0.15) is 0 Å². The van der Waals surface area contributed by atoms with E-state index in [-0.39, 0.29) is 16.3 Å². The van der Waals surface area contributed by atoms with Gasteiger partial charge in [0, 0.05) is 11.6 Å². The van der Waals surface area contributed by atoms with Gasteiger partial charge in [-0.3, -0.25) is 20.1 Å². The molecular weight excluding hydrogens is 212 g/mol. The summed E-state index contributed by atoms with van der Waals surface area (Å²) in [4.78, 5) is 20.6. The van der Waals surface area contributed by atoms with Crippen molar-refractivity contribution < 1.29 is 14.9 Å². The molecule has 1 rings (SSSR count). The molecule has 0 radical (unpaired) electrons. The van der Waals surface area contributed by atoms with Gasteiger partial charge in [0.05, 0.1) is 4.92 Å². The molecule has 1 aromatic rings. The van der Waals surface area contributed by atoms with E-state index in [0.29, 0.717) is 0 Å². The van der Waals surface area contributed by atoms with Crippen molar-refractivity contribution >= 4 is 23.2 Å². The molecule has 0 saturated carbocycles. The minimum atomic E-state index is -0.829. The van der Waals surface area contributed by atoms with E-state index in [9.17, 15) is 14.9 Å². The van der Waals surface area contributed by atoms with Crippen molar-refractivity contribution in [2.24, 2.45) is 0 Å². The molecule has 0 unspecified atom stereocenters. The third kappa shape index (κ3) is 1.98. The zero-order chi connectivity index (χ0) is 10.7. The van der Waals surface area contributed by atoms with E-state index in [1.165, 1.54) is 17.6 Å². The maximum Gasteiger partial charge on any atom is 0.288 e. The molecule has 6 nitrogen and oxygen atoms in total. The summed E-state index contributed by atoms with van der Waals surface area (Å²) in [5.41, 5.74) is 0.942. The van der Waals surface area contributed by atoms with Crippen LogP contribution in [-0.2, 0) is 0 Å². The van der Waals surface area contributed by atoms with Crippen LogP contribution in [-0.4, -0.2) is 16.0 Å². The van der Waals surface area contributed by atoms with Crippen molar-refractivity contribution in [3.63, 3.8) is 0 Å². The monoisotopic (exact) mass is 216 g/mol. The molecular formula is C7H5ClN2O4. The van der Waals surface area contributed by atoms with Gasteiger partial charge in [-0.15, -0.1) is 0 Å². The maximum atomic E-state index is 10.9. The molecule has 2 N–H and O–H groups in total. The molecule has 0 aromatic heterocycles. The van der Waals surface area contributed by atoms with Gasteiger partial charge >= 0.3 is 0 Å². The van der Waals surface area contributed by atoms with Crippen LogP contribution in [0.2, 0.25) is 5.02 Å². The van der Waals surface area contributed by atoms with E-state index in [4.69, 9.17) is 16.8 Å². The Morgan fingerprint density at radius 1 is 1.57 bits per heavy atom. The van der Waals surface area contributed by atoms with Crippen molar-refractivity contribution in [1.29, 1.82) is 0 Å². The number of rotatable bonds is 2. The number of nitro benzene ring substituents is 1. The molecule has 0 saturated heterocycles. The van der Waals surface area contributed by atoms with Gasteiger partial charge in [0.1, 0.15) is 5.02 Å². The molecule has 0 aliphatic heterocycles. The zero-order valence-corrected chi connectivity index (χ0v) is 7.49. The Morgan fingerprint density at radius 2 is 2.21 bits per heavy atom. The summed E-state index contributed by atoms with van der Waals surface area (Å²) in [5.74, 6) is -0.829. The van der Waals surface area contributed by atoms with Crippen molar-refractivity contribution in [3.05, 3.63) is 38.9 Å². The predicted octanol–water partition coefficient (Wildman–Crippen LogP) is 1.37. The number of benzene rings is 1. The molecule has 1 aromatic carbocycles. The highest BCUT2D eigenvalue weighted by Crippen LogP contribution is 2.24. The van der Waals surface area contributed by atoms with Gasteiger partial charge in [0.2, 0.25) is 0 Å². The quantitative estimate of drug-likeness (QED) is 0.444. The zero-order valence-electron chi connectivity index (χ0n) is 6.73. The van der Waals surface area contributed by atoms with Crippen molar-refractivity contribution in [2.75, 3.05) is 0 Å². The molecule has 0 heterocycles. The smallest absolute Gasteiger partial charge is 0.288 e. The van der Waals surface area contributed by atoms with Crippen molar-refractivity contribution in [1.82, 2.24) is 5.48 Å². The number of carbonyl (C=O) groups is 1. The Balaban J connectivity index is 3.19. The van der Waals surface area contributed by atoms with Crippen LogP contribution in [0.1, 0.15) is 10.4 Å². The maximum absolute atomic E-state index is 10.9. The summed E-state index contributed by atoms with van der Waals surface area (Å²) in [7, 11) is 0. The number of carbonyl (C=O) groups excluding carboxylic acids is 1. The molecule has 14 heavy (non-hydrogen) atoms. The average Bonchev–Trinajstić information content (AvgIpc) is 2.17. The Kier molecular flexibility index (Phi) is 3.00. The van der Waals surface area contributed by atoms with E-state index in [1.54, 1.807) is 0 Å². The van der Waals surface area contributed by atoms with Crippen LogP contribution in [0.5, 0.6) is 0 Å². The SMILES string of the molecule is O=C(NO)c1ccc(Cl)c([N+](=O)[O-])c1. The topological polar surface area (TPSA) is 92.5 Å². The fourth-order valence-corrected chi connectivity index (χ4v) is 1.04. The standard InChI is InChI=1S/C7H5ClN2O4/c8-5-2-1-4(7(11)9-12)3-6(5)10(13)14/h1-3,12H,(H,9,11). The predicted molar refractivity (Wildman–Crippen MR) is 47.4 cm³/mol. The lowest BCUT2D eigenvalue weighted by molar-refractivity contribution is -0.384. The van der Waals surface area contributed by atoms with Crippen LogP contribution in [0.4, 0.5) is 5.69 Å². The summed E-state index contributed by atoms with van der Waals surface area (Å²) in [6, 6.07) is 3.46. The van der Waals surface area contributed by atoms with Gasteiger partial charge in [0.15, 0.2) is 0 Å². The lowest BCUT2D eigenvalue weighted by Crippen LogP contribution is -2.18. The van der Waals surface area contributed by atoms with E-state index in [1.807, 2.05) is 0 Å². The average molecular weight is 217 g/mol. The van der Waals surface area contributed by atoms with E-state index < -0.39 is 10.8 Å². The molecule has 0 aliphatic carbocycles. The number of amides is 1. The van der Waals surface area contributed by atoms with Crippen LogP contribution >= 0.6 is 11.6 Å². The lowest BCUT2D eigenvalue weighted by Gasteiger charge is -1.99. The summed E-state index contributed by atoms with van der Waals surface area (Å²) < 4.78 is 0. The first-order chi connectivity index (χ1) is 6.56. The molecule has 74 valence electrons. The Morgan fingerprint density at radius 3 is 2.71 bits per heavy atom. The van der Waals surface area contributed by atoms with Crippen molar-refractivity contribution in [3.8, 4) is 0 Å². The number of nitrogens with one attached hydrogen (secondary N) is 1. The second-order valence-electron chi connectivity index (χ2n) is 2.36. The number of hydroxylamine groups is 1. The second kappa shape index (κ2) is 4.03. The first-order valence-corrected chi connectivity index (χ1v) is 3.82. The Labute approximate surface area is 83.2 Å². The molecule has 0 spiro atoms. The number of nitro groups is 1. The molecule has 1 amide bonds. The molecule has 7 heteroatoms.